The topological polar surface area (TPSA) is 113 Å². The lowest BCUT2D eigenvalue weighted by Crippen LogP contribution is -2.52. The average molecular weight is 390 g/mol. The van der Waals surface area contributed by atoms with Gasteiger partial charge >= 0.3 is 5.97 Å². The summed E-state index contributed by atoms with van der Waals surface area (Å²) >= 11 is 0. The molecule has 0 bridgehead atoms. The number of sulfonamides is 1. The maximum Gasteiger partial charge on any atom is 0.326 e. The van der Waals surface area contributed by atoms with Crippen molar-refractivity contribution in [2.75, 3.05) is 6.26 Å². The van der Waals surface area contributed by atoms with Crippen molar-refractivity contribution in [2.45, 2.75) is 24.9 Å². The monoisotopic (exact) mass is 390 g/mol. The molecule has 1 amide bonds. The van der Waals surface area contributed by atoms with E-state index in [1.807, 2.05) is 12.1 Å². The molecule has 2 aromatic rings. The van der Waals surface area contributed by atoms with Gasteiger partial charge in [-0.05, 0) is 17.5 Å². The molecule has 0 fully saturated rings. The molecule has 144 valence electrons. The smallest absolute Gasteiger partial charge is 0.326 e. The molecule has 0 aliphatic heterocycles. The van der Waals surface area contributed by atoms with Gasteiger partial charge in [-0.25, -0.2) is 17.9 Å². The van der Waals surface area contributed by atoms with Crippen LogP contribution in [-0.2, 0) is 32.5 Å². The minimum Gasteiger partial charge on any atom is -0.480 e. The molecule has 0 radical (unpaired) electrons. The van der Waals surface area contributed by atoms with Crippen molar-refractivity contribution in [3.05, 3.63) is 71.8 Å². The summed E-state index contributed by atoms with van der Waals surface area (Å²) in [6, 6.07) is 15.5. The van der Waals surface area contributed by atoms with Crippen LogP contribution in [0.3, 0.4) is 0 Å². The van der Waals surface area contributed by atoms with Crippen molar-refractivity contribution in [1.29, 1.82) is 0 Å². The lowest BCUT2D eigenvalue weighted by molar-refractivity contribution is -0.142. The third-order valence-corrected chi connectivity index (χ3v) is 4.57. The van der Waals surface area contributed by atoms with Crippen molar-refractivity contribution >= 4 is 21.9 Å². The van der Waals surface area contributed by atoms with E-state index in [1.165, 1.54) is 0 Å². The number of carboxylic acid groups (broad SMARTS) is 1. The highest BCUT2D eigenvalue weighted by Gasteiger charge is 2.27. The third kappa shape index (κ3) is 7.20. The van der Waals surface area contributed by atoms with E-state index in [9.17, 15) is 23.1 Å². The number of carboxylic acids is 1. The molecule has 8 heteroatoms. The van der Waals surface area contributed by atoms with E-state index >= 15 is 0 Å². The Morgan fingerprint density at radius 2 is 1.33 bits per heavy atom. The van der Waals surface area contributed by atoms with E-state index in [4.69, 9.17) is 0 Å². The van der Waals surface area contributed by atoms with Gasteiger partial charge in [0.05, 0.1) is 6.26 Å². The van der Waals surface area contributed by atoms with E-state index in [0.29, 0.717) is 0 Å². The van der Waals surface area contributed by atoms with Gasteiger partial charge in [-0.15, -0.1) is 0 Å². The van der Waals surface area contributed by atoms with Gasteiger partial charge in [-0.2, -0.15) is 0 Å². The molecule has 2 atom stereocenters. The second-order valence-corrected chi connectivity index (χ2v) is 8.00. The van der Waals surface area contributed by atoms with E-state index in [-0.39, 0.29) is 12.8 Å². The van der Waals surface area contributed by atoms with Gasteiger partial charge in [-0.1, -0.05) is 60.7 Å². The van der Waals surface area contributed by atoms with Crippen molar-refractivity contribution in [3.63, 3.8) is 0 Å². The molecule has 7 nitrogen and oxygen atoms in total. The number of hydrogen-bond donors (Lipinski definition) is 3. The van der Waals surface area contributed by atoms with Crippen LogP contribution >= 0.6 is 0 Å². The number of carbonyl (C=O) groups is 2. The first kappa shape index (κ1) is 20.6. The van der Waals surface area contributed by atoms with Crippen LogP contribution in [0.15, 0.2) is 60.7 Å². The first-order valence-electron chi connectivity index (χ1n) is 8.33. The van der Waals surface area contributed by atoms with Crippen LogP contribution in [0, 0.1) is 0 Å². The predicted molar refractivity (Wildman–Crippen MR) is 102 cm³/mol. The highest BCUT2D eigenvalue weighted by Crippen LogP contribution is 2.07. The van der Waals surface area contributed by atoms with E-state index in [2.05, 4.69) is 10.0 Å². The summed E-state index contributed by atoms with van der Waals surface area (Å²) in [7, 11) is -3.66. The summed E-state index contributed by atoms with van der Waals surface area (Å²) in [5.74, 6) is -1.88. The van der Waals surface area contributed by atoms with Gasteiger partial charge in [0, 0.05) is 6.42 Å². The van der Waals surface area contributed by atoms with Crippen LogP contribution < -0.4 is 10.0 Å². The van der Waals surface area contributed by atoms with Crippen molar-refractivity contribution in [2.24, 2.45) is 0 Å². The normalized spacial score (nSPS) is 13.5. The number of aliphatic carboxylic acids is 1. The number of rotatable bonds is 9. The molecule has 2 rings (SSSR count). The second kappa shape index (κ2) is 9.29. The summed E-state index contributed by atoms with van der Waals surface area (Å²) in [6.07, 6.45) is 1.16. The molecule has 0 saturated carbocycles. The van der Waals surface area contributed by atoms with Gasteiger partial charge in [0.15, 0.2) is 0 Å². The van der Waals surface area contributed by atoms with Crippen LogP contribution in [0.2, 0.25) is 0 Å². The summed E-state index contributed by atoms with van der Waals surface area (Å²) in [5, 5.41) is 11.9. The molecule has 0 saturated heterocycles. The number of carbonyl (C=O) groups excluding carboxylic acids is 1. The number of benzene rings is 2. The quantitative estimate of drug-likeness (QED) is 0.590. The van der Waals surface area contributed by atoms with Gasteiger partial charge in [-0.3, -0.25) is 4.79 Å². The zero-order valence-electron chi connectivity index (χ0n) is 14.8. The van der Waals surface area contributed by atoms with Gasteiger partial charge in [0.1, 0.15) is 12.1 Å². The molecule has 0 aromatic heterocycles. The lowest BCUT2D eigenvalue weighted by atomic mass is 10.0. The zero-order chi connectivity index (χ0) is 19.9. The number of nitrogens with one attached hydrogen (secondary N) is 2. The van der Waals surface area contributed by atoms with Gasteiger partial charge < -0.3 is 10.4 Å². The van der Waals surface area contributed by atoms with Crippen molar-refractivity contribution in [1.82, 2.24) is 10.0 Å². The van der Waals surface area contributed by atoms with Crippen LogP contribution in [0.4, 0.5) is 0 Å². The van der Waals surface area contributed by atoms with E-state index < -0.39 is 34.0 Å². The minimum absolute atomic E-state index is 0.0961. The highest BCUT2D eigenvalue weighted by molar-refractivity contribution is 7.88. The third-order valence-electron chi connectivity index (χ3n) is 3.85. The Kier molecular flexibility index (Phi) is 7.09. The Hall–Kier alpha value is -2.71. The fourth-order valence-electron chi connectivity index (χ4n) is 2.62. The minimum atomic E-state index is -3.66. The molecule has 0 spiro atoms. The number of hydrogen-bond acceptors (Lipinski definition) is 4. The standard InChI is InChI=1S/C19H22N2O5S/c1-27(25,26)21-16(12-14-8-4-2-5-9-14)18(22)20-17(19(23)24)13-15-10-6-3-7-11-15/h2-11,16-17,21H,12-13H2,1H3,(H,20,22)(H,23,24)/t16-,17-/m1/s1. The molecular weight excluding hydrogens is 368 g/mol. The highest BCUT2D eigenvalue weighted by atomic mass is 32.2. The molecule has 0 heterocycles. The molecule has 0 aliphatic rings. The summed E-state index contributed by atoms with van der Waals surface area (Å²) in [6.45, 7) is 0. The Morgan fingerprint density at radius 3 is 1.74 bits per heavy atom. The maximum atomic E-state index is 12.6. The second-order valence-electron chi connectivity index (χ2n) is 6.22. The average Bonchev–Trinajstić information content (AvgIpc) is 2.61. The van der Waals surface area contributed by atoms with Crippen LogP contribution in [0.25, 0.3) is 0 Å². The van der Waals surface area contributed by atoms with Crippen LogP contribution in [-0.4, -0.2) is 43.7 Å². The number of amides is 1. The predicted octanol–water partition coefficient (Wildman–Crippen LogP) is 0.959. The summed E-state index contributed by atoms with van der Waals surface area (Å²) in [5.41, 5.74) is 1.50. The SMILES string of the molecule is CS(=O)(=O)N[C@H](Cc1ccccc1)C(=O)N[C@H](Cc1ccccc1)C(=O)O. The zero-order valence-corrected chi connectivity index (χ0v) is 15.6. The molecule has 27 heavy (non-hydrogen) atoms. The lowest BCUT2D eigenvalue weighted by Gasteiger charge is -2.21. The van der Waals surface area contributed by atoms with Crippen LogP contribution in [0.5, 0.6) is 0 Å². The molecule has 3 N–H and O–H groups in total. The first-order valence-corrected chi connectivity index (χ1v) is 10.2. The Balaban J connectivity index is 2.15. The Labute approximate surface area is 158 Å². The largest absolute Gasteiger partial charge is 0.480 e. The van der Waals surface area contributed by atoms with Gasteiger partial charge in [0.25, 0.3) is 0 Å². The van der Waals surface area contributed by atoms with Crippen molar-refractivity contribution < 1.29 is 23.1 Å². The van der Waals surface area contributed by atoms with E-state index in [0.717, 1.165) is 17.4 Å². The maximum absolute atomic E-state index is 12.6. The molecular formula is C19H22N2O5S. The Morgan fingerprint density at radius 1 is 0.889 bits per heavy atom. The molecule has 0 unspecified atom stereocenters. The fourth-order valence-corrected chi connectivity index (χ4v) is 3.33. The first-order chi connectivity index (χ1) is 12.7. The molecule has 0 aliphatic carbocycles. The van der Waals surface area contributed by atoms with Crippen LogP contribution in [0.1, 0.15) is 11.1 Å². The summed E-state index contributed by atoms with van der Waals surface area (Å²) in [4.78, 5) is 24.2. The fraction of sp³-hybridized carbons (Fsp3) is 0.263. The van der Waals surface area contributed by atoms with Crippen molar-refractivity contribution in [3.8, 4) is 0 Å². The Bertz CT molecular complexity index is 869. The summed E-state index contributed by atoms with van der Waals surface area (Å²) < 4.78 is 25.6. The van der Waals surface area contributed by atoms with E-state index in [1.54, 1.807) is 48.5 Å². The van der Waals surface area contributed by atoms with Gasteiger partial charge in [0.2, 0.25) is 15.9 Å². The molecule has 2 aromatic carbocycles.